The first-order chi connectivity index (χ1) is 12.9. The van der Waals surface area contributed by atoms with Gasteiger partial charge in [-0.05, 0) is 69.4 Å². The van der Waals surface area contributed by atoms with E-state index < -0.39 is 9.84 Å². The first-order valence-corrected chi connectivity index (χ1v) is 11.8. The third kappa shape index (κ3) is 7.89. The highest BCUT2D eigenvalue weighted by Crippen LogP contribution is 2.15. The van der Waals surface area contributed by atoms with Gasteiger partial charge >= 0.3 is 0 Å². The molecule has 1 fully saturated rings. The molecule has 7 heteroatoms. The van der Waals surface area contributed by atoms with Crippen LogP contribution in [0.1, 0.15) is 38.7 Å². The van der Waals surface area contributed by atoms with Gasteiger partial charge in [0.05, 0.1) is 11.4 Å². The molecule has 0 amide bonds. The highest BCUT2D eigenvalue weighted by Gasteiger charge is 2.14. The van der Waals surface area contributed by atoms with Crippen molar-refractivity contribution in [1.82, 2.24) is 15.5 Å². The van der Waals surface area contributed by atoms with Gasteiger partial charge in [-0.15, -0.1) is 0 Å². The Morgan fingerprint density at radius 1 is 1.19 bits per heavy atom. The van der Waals surface area contributed by atoms with Crippen molar-refractivity contribution < 1.29 is 8.42 Å². The van der Waals surface area contributed by atoms with Gasteiger partial charge in [0.15, 0.2) is 15.8 Å². The van der Waals surface area contributed by atoms with E-state index in [1.54, 1.807) is 12.1 Å². The number of nitrogens with zero attached hydrogens (tertiary/aromatic N) is 2. The fourth-order valence-corrected chi connectivity index (χ4v) is 3.78. The molecule has 0 radical (unpaired) electrons. The third-order valence-corrected chi connectivity index (χ3v) is 6.06. The summed E-state index contributed by atoms with van der Waals surface area (Å²) < 4.78 is 23.0. The molecule has 1 aromatic carbocycles. The lowest BCUT2D eigenvalue weighted by molar-refractivity contribution is 0.191. The van der Waals surface area contributed by atoms with Crippen molar-refractivity contribution in [3.05, 3.63) is 29.8 Å². The van der Waals surface area contributed by atoms with Gasteiger partial charge in [0.25, 0.3) is 0 Å². The SMILES string of the molecule is CCNC(=NCc1ccc(S(C)(=O)=O)cc1)NCCCN1CCC(C)CC1. The van der Waals surface area contributed by atoms with Crippen LogP contribution >= 0.6 is 0 Å². The first kappa shape index (κ1) is 21.7. The van der Waals surface area contributed by atoms with E-state index in [1.165, 1.54) is 32.2 Å². The number of sulfone groups is 1. The summed E-state index contributed by atoms with van der Waals surface area (Å²) in [6.45, 7) is 10.2. The summed E-state index contributed by atoms with van der Waals surface area (Å²) in [6.07, 6.45) is 4.95. The zero-order valence-corrected chi connectivity index (χ0v) is 17.7. The molecule has 2 N–H and O–H groups in total. The molecule has 0 bridgehead atoms. The number of hydrogen-bond acceptors (Lipinski definition) is 4. The second-order valence-corrected chi connectivity index (χ2v) is 9.43. The predicted octanol–water partition coefficient (Wildman–Crippen LogP) is 2.27. The summed E-state index contributed by atoms with van der Waals surface area (Å²) in [5.41, 5.74) is 0.988. The molecule has 0 aromatic heterocycles. The maximum atomic E-state index is 11.5. The maximum absolute atomic E-state index is 11.5. The van der Waals surface area contributed by atoms with Gasteiger partial charge < -0.3 is 15.5 Å². The quantitative estimate of drug-likeness (QED) is 0.402. The van der Waals surface area contributed by atoms with Gasteiger partial charge in [0, 0.05) is 19.3 Å². The summed E-state index contributed by atoms with van der Waals surface area (Å²) in [6, 6.07) is 6.92. The lowest BCUT2D eigenvalue weighted by atomic mass is 9.99. The molecular formula is C20H34N4O2S. The van der Waals surface area contributed by atoms with Crippen LogP contribution in [0.15, 0.2) is 34.2 Å². The number of aliphatic imine (C=N–C) groups is 1. The molecule has 1 aromatic rings. The molecule has 1 aliphatic heterocycles. The van der Waals surface area contributed by atoms with Crippen molar-refractivity contribution >= 4 is 15.8 Å². The molecule has 6 nitrogen and oxygen atoms in total. The van der Waals surface area contributed by atoms with Crippen LogP contribution in [0.2, 0.25) is 0 Å². The summed E-state index contributed by atoms with van der Waals surface area (Å²) >= 11 is 0. The van der Waals surface area contributed by atoms with Gasteiger partial charge in [0.1, 0.15) is 0 Å². The highest BCUT2D eigenvalue weighted by atomic mass is 32.2. The van der Waals surface area contributed by atoms with E-state index in [1.807, 2.05) is 19.1 Å². The monoisotopic (exact) mass is 394 g/mol. The summed E-state index contributed by atoms with van der Waals surface area (Å²) in [5, 5.41) is 6.65. The lowest BCUT2D eigenvalue weighted by Crippen LogP contribution is -2.39. The highest BCUT2D eigenvalue weighted by molar-refractivity contribution is 7.90. The van der Waals surface area contributed by atoms with E-state index in [4.69, 9.17) is 0 Å². The van der Waals surface area contributed by atoms with Crippen LogP contribution in [-0.4, -0.2) is 58.3 Å². The van der Waals surface area contributed by atoms with Crippen molar-refractivity contribution in [1.29, 1.82) is 0 Å². The van der Waals surface area contributed by atoms with E-state index >= 15 is 0 Å². The molecule has 1 saturated heterocycles. The molecule has 0 saturated carbocycles. The van der Waals surface area contributed by atoms with Crippen molar-refractivity contribution in [3.8, 4) is 0 Å². The first-order valence-electron chi connectivity index (χ1n) is 9.92. The van der Waals surface area contributed by atoms with Crippen LogP contribution in [0.3, 0.4) is 0 Å². The Morgan fingerprint density at radius 3 is 2.44 bits per heavy atom. The molecular weight excluding hydrogens is 360 g/mol. The van der Waals surface area contributed by atoms with E-state index in [9.17, 15) is 8.42 Å². The van der Waals surface area contributed by atoms with Crippen molar-refractivity contribution in [2.24, 2.45) is 10.9 Å². The van der Waals surface area contributed by atoms with Crippen LogP contribution in [-0.2, 0) is 16.4 Å². The Balaban J connectivity index is 1.78. The minimum Gasteiger partial charge on any atom is -0.357 e. The van der Waals surface area contributed by atoms with Crippen LogP contribution in [0.4, 0.5) is 0 Å². The number of nitrogens with one attached hydrogen (secondary N) is 2. The Bertz CT molecular complexity index is 693. The molecule has 0 spiro atoms. The number of benzene rings is 1. The van der Waals surface area contributed by atoms with Crippen molar-refractivity contribution in [2.75, 3.05) is 39.0 Å². The van der Waals surface area contributed by atoms with Gasteiger partial charge in [-0.3, -0.25) is 0 Å². The molecule has 0 unspecified atom stereocenters. The Hall–Kier alpha value is -1.60. The Kier molecular flexibility index (Phi) is 8.57. The number of likely N-dealkylation sites (tertiary alicyclic amines) is 1. The molecule has 2 rings (SSSR count). The summed E-state index contributed by atoms with van der Waals surface area (Å²) in [4.78, 5) is 7.49. The zero-order chi connectivity index (χ0) is 19.7. The third-order valence-electron chi connectivity index (χ3n) is 4.94. The topological polar surface area (TPSA) is 73.8 Å². The number of piperidine rings is 1. The lowest BCUT2D eigenvalue weighted by Gasteiger charge is -2.30. The molecule has 0 aliphatic carbocycles. The summed E-state index contributed by atoms with van der Waals surface area (Å²) in [7, 11) is -3.15. The number of rotatable bonds is 8. The van der Waals surface area contributed by atoms with Crippen LogP contribution in [0.5, 0.6) is 0 Å². The second kappa shape index (κ2) is 10.7. The fraction of sp³-hybridized carbons (Fsp3) is 0.650. The van der Waals surface area contributed by atoms with Crippen molar-refractivity contribution in [3.63, 3.8) is 0 Å². The Labute approximate surface area is 164 Å². The van der Waals surface area contributed by atoms with Crippen molar-refractivity contribution in [2.45, 2.75) is 44.6 Å². The minimum absolute atomic E-state index is 0.340. The molecule has 27 heavy (non-hydrogen) atoms. The number of guanidine groups is 1. The molecule has 1 heterocycles. The van der Waals surface area contributed by atoms with E-state index in [2.05, 4.69) is 27.4 Å². The molecule has 152 valence electrons. The summed E-state index contributed by atoms with van der Waals surface area (Å²) in [5.74, 6) is 1.68. The average Bonchev–Trinajstić information content (AvgIpc) is 2.64. The standard InChI is InChI=1S/C20H34N4O2S/c1-4-21-20(22-12-5-13-24-14-10-17(2)11-15-24)23-16-18-6-8-19(9-7-18)27(3,25)26/h6-9,17H,4-5,10-16H2,1-3H3,(H2,21,22,23). The zero-order valence-electron chi connectivity index (χ0n) is 16.9. The van der Waals surface area contributed by atoms with Gasteiger partial charge in [-0.2, -0.15) is 0 Å². The normalized spacial score (nSPS) is 17.1. The van der Waals surface area contributed by atoms with Gasteiger partial charge in [-0.25, -0.2) is 13.4 Å². The maximum Gasteiger partial charge on any atom is 0.191 e. The average molecular weight is 395 g/mol. The van der Waals surface area contributed by atoms with Gasteiger partial charge in [-0.1, -0.05) is 19.1 Å². The van der Waals surface area contributed by atoms with E-state index in [0.717, 1.165) is 43.5 Å². The number of hydrogen-bond donors (Lipinski definition) is 2. The van der Waals surface area contributed by atoms with Crippen LogP contribution in [0, 0.1) is 5.92 Å². The second-order valence-electron chi connectivity index (χ2n) is 7.42. The Morgan fingerprint density at radius 2 is 1.85 bits per heavy atom. The predicted molar refractivity (Wildman–Crippen MR) is 112 cm³/mol. The molecule has 1 aliphatic rings. The smallest absolute Gasteiger partial charge is 0.191 e. The fourth-order valence-electron chi connectivity index (χ4n) is 3.15. The largest absolute Gasteiger partial charge is 0.357 e. The van der Waals surface area contributed by atoms with E-state index in [0.29, 0.717) is 11.4 Å². The molecule has 0 atom stereocenters. The van der Waals surface area contributed by atoms with Gasteiger partial charge in [0.2, 0.25) is 0 Å². The van der Waals surface area contributed by atoms with E-state index in [-0.39, 0.29) is 0 Å². The van der Waals surface area contributed by atoms with Crippen LogP contribution < -0.4 is 10.6 Å². The minimum atomic E-state index is -3.15. The van der Waals surface area contributed by atoms with Crippen LogP contribution in [0.25, 0.3) is 0 Å².